The van der Waals surface area contributed by atoms with Crippen LogP contribution in [0.2, 0.25) is 0 Å². The van der Waals surface area contributed by atoms with Gasteiger partial charge in [0.25, 0.3) is 11.5 Å². The number of hydrogen-bond donors (Lipinski definition) is 2. The van der Waals surface area contributed by atoms with Gasteiger partial charge < -0.3 is 20.1 Å². The van der Waals surface area contributed by atoms with Crippen molar-refractivity contribution in [3.05, 3.63) is 111 Å². The van der Waals surface area contributed by atoms with Crippen LogP contribution in [0, 0.1) is 0 Å². The maximum absolute atomic E-state index is 13.4. The molecule has 2 amide bonds. The van der Waals surface area contributed by atoms with Gasteiger partial charge in [-0.2, -0.15) is 0 Å². The zero-order valence-corrected chi connectivity index (χ0v) is 21.0. The predicted octanol–water partition coefficient (Wildman–Crippen LogP) is 3.04. The minimum Gasteiger partial charge on any atom is -0.454 e. The molecule has 0 bridgehead atoms. The van der Waals surface area contributed by atoms with Crippen LogP contribution < -0.4 is 31.4 Å². The van der Waals surface area contributed by atoms with Gasteiger partial charge in [-0.25, -0.2) is 4.79 Å². The van der Waals surface area contributed by atoms with Crippen molar-refractivity contribution in [2.75, 3.05) is 12.1 Å². The number of nitrogens with zero attached hydrogens (tertiary/aromatic N) is 2. The van der Waals surface area contributed by atoms with E-state index < -0.39 is 23.1 Å². The van der Waals surface area contributed by atoms with Crippen LogP contribution in [0.15, 0.2) is 89.0 Å². The van der Waals surface area contributed by atoms with Gasteiger partial charge in [0.1, 0.15) is 6.54 Å². The molecule has 1 aliphatic heterocycles. The Morgan fingerprint density at radius 2 is 1.74 bits per heavy atom. The predicted molar refractivity (Wildman–Crippen MR) is 146 cm³/mol. The fourth-order valence-electron chi connectivity index (χ4n) is 4.33. The van der Waals surface area contributed by atoms with Crippen molar-refractivity contribution in [3.8, 4) is 11.5 Å². The quantitative estimate of drug-likeness (QED) is 0.324. The van der Waals surface area contributed by atoms with E-state index in [0.717, 1.165) is 10.1 Å². The number of allylic oxidation sites excluding steroid dienone is 1. The number of carbonyl (C=O) groups excluding carboxylic acids is 2. The van der Waals surface area contributed by atoms with Crippen LogP contribution in [-0.2, 0) is 24.4 Å². The first kappa shape index (κ1) is 25.5. The lowest BCUT2D eigenvalue weighted by Gasteiger charge is -2.15. The van der Waals surface area contributed by atoms with Gasteiger partial charge in [-0.15, -0.1) is 6.58 Å². The molecule has 4 aromatic rings. The number of benzene rings is 3. The van der Waals surface area contributed by atoms with E-state index in [1.165, 1.54) is 22.8 Å². The molecule has 198 valence electrons. The van der Waals surface area contributed by atoms with E-state index >= 15 is 0 Å². The van der Waals surface area contributed by atoms with Gasteiger partial charge >= 0.3 is 5.69 Å². The van der Waals surface area contributed by atoms with Crippen molar-refractivity contribution in [3.63, 3.8) is 0 Å². The van der Waals surface area contributed by atoms with Crippen molar-refractivity contribution >= 4 is 28.4 Å². The monoisotopic (exact) mass is 526 g/mol. The minimum absolute atomic E-state index is 0.120. The molecule has 5 rings (SSSR count). The molecule has 0 spiro atoms. The Morgan fingerprint density at radius 1 is 0.949 bits per heavy atom. The maximum Gasteiger partial charge on any atom is 0.331 e. The molecule has 0 atom stereocenters. The van der Waals surface area contributed by atoms with E-state index in [1.54, 1.807) is 42.5 Å². The summed E-state index contributed by atoms with van der Waals surface area (Å²) in [4.78, 5) is 52.4. The van der Waals surface area contributed by atoms with Crippen LogP contribution in [0.25, 0.3) is 10.9 Å². The molecular formula is C29H26N4O6. The number of nitrogens with one attached hydrogen (secondary N) is 2. The third-order valence-electron chi connectivity index (χ3n) is 6.29. The van der Waals surface area contributed by atoms with Crippen molar-refractivity contribution in [1.82, 2.24) is 14.5 Å². The number of aromatic nitrogens is 2. The van der Waals surface area contributed by atoms with Crippen molar-refractivity contribution < 1.29 is 19.1 Å². The largest absolute Gasteiger partial charge is 0.454 e. The molecule has 39 heavy (non-hydrogen) atoms. The number of carbonyl (C=O) groups is 2. The highest BCUT2D eigenvalue weighted by Gasteiger charge is 2.18. The summed E-state index contributed by atoms with van der Waals surface area (Å²) in [6.07, 6.45) is 2.01. The van der Waals surface area contributed by atoms with Crippen LogP contribution in [-0.4, -0.2) is 27.7 Å². The van der Waals surface area contributed by atoms with Crippen LogP contribution in [0.4, 0.5) is 5.69 Å². The average molecular weight is 527 g/mol. The van der Waals surface area contributed by atoms with Gasteiger partial charge in [-0.1, -0.05) is 30.3 Å². The van der Waals surface area contributed by atoms with E-state index in [-0.39, 0.29) is 42.9 Å². The second kappa shape index (κ2) is 11.1. The molecular weight excluding hydrogens is 500 g/mol. The number of anilines is 1. The topological polar surface area (TPSA) is 121 Å². The molecule has 0 unspecified atom stereocenters. The van der Waals surface area contributed by atoms with Crippen LogP contribution in [0.1, 0.15) is 22.3 Å². The zero-order chi connectivity index (χ0) is 27.4. The van der Waals surface area contributed by atoms with E-state index in [4.69, 9.17) is 9.47 Å². The molecule has 2 N–H and O–H groups in total. The molecule has 1 aliphatic rings. The molecule has 10 heteroatoms. The molecule has 2 heterocycles. The molecule has 1 aromatic heterocycles. The number of ether oxygens (including phenoxy) is 2. The Bertz CT molecular complexity index is 1690. The first-order valence-corrected chi connectivity index (χ1v) is 12.3. The third kappa shape index (κ3) is 5.45. The van der Waals surface area contributed by atoms with E-state index in [0.29, 0.717) is 23.6 Å². The van der Waals surface area contributed by atoms with E-state index in [9.17, 15) is 19.2 Å². The minimum atomic E-state index is -0.643. The lowest BCUT2D eigenvalue weighted by Crippen LogP contribution is -2.42. The molecule has 0 saturated heterocycles. The number of para-hydroxylation sites is 1. The highest BCUT2D eigenvalue weighted by Crippen LogP contribution is 2.32. The lowest BCUT2D eigenvalue weighted by molar-refractivity contribution is -0.116. The van der Waals surface area contributed by atoms with Crippen LogP contribution in [0.5, 0.6) is 11.5 Å². The van der Waals surface area contributed by atoms with Gasteiger partial charge in [0.2, 0.25) is 12.7 Å². The normalized spacial score (nSPS) is 11.8. The second-order valence-electron chi connectivity index (χ2n) is 8.92. The number of hydrogen-bond acceptors (Lipinski definition) is 6. The molecule has 0 saturated carbocycles. The van der Waals surface area contributed by atoms with Crippen molar-refractivity contribution in [2.45, 2.75) is 26.1 Å². The first-order valence-electron chi connectivity index (χ1n) is 12.3. The standard InChI is InChI=1S/C29H26N4O6/c1-2-3-13-32-28(36)22-11-10-20(27(35)30-16-19-9-12-24-25(14-19)39-18-38-24)15-23(22)33(29(32)37)17-26(34)31-21-7-5-4-6-8-21/h2,4-12,14-15H,1,3,13,16-18H2,(H,30,35)(H,31,34). The van der Waals surface area contributed by atoms with E-state index in [1.807, 2.05) is 12.1 Å². The third-order valence-corrected chi connectivity index (χ3v) is 6.29. The second-order valence-corrected chi connectivity index (χ2v) is 8.92. The fourth-order valence-corrected chi connectivity index (χ4v) is 4.33. The summed E-state index contributed by atoms with van der Waals surface area (Å²) in [5.41, 5.74) is 0.678. The van der Waals surface area contributed by atoms with Crippen molar-refractivity contribution in [1.29, 1.82) is 0 Å². The Balaban J connectivity index is 1.46. The average Bonchev–Trinajstić information content (AvgIpc) is 3.42. The van der Waals surface area contributed by atoms with Gasteiger partial charge in [0.15, 0.2) is 11.5 Å². The Labute approximate surface area is 223 Å². The smallest absolute Gasteiger partial charge is 0.331 e. The van der Waals surface area contributed by atoms with Gasteiger partial charge in [-0.05, 0) is 54.4 Å². The van der Waals surface area contributed by atoms with E-state index in [2.05, 4.69) is 17.2 Å². The Hall–Kier alpha value is -5.12. The van der Waals surface area contributed by atoms with Crippen LogP contribution in [0.3, 0.4) is 0 Å². The van der Waals surface area contributed by atoms with Gasteiger partial charge in [-0.3, -0.25) is 23.5 Å². The first-order chi connectivity index (χ1) is 18.9. The zero-order valence-electron chi connectivity index (χ0n) is 21.0. The fraction of sp³-hybridized carbons (Fsp3) is 0.172. The summed E-state index contributed by atoms with van der Waals surface area (Å²) in [5, 5.41) is 5.81. The SMILES string of the molecule is C=CCCn1c(=O)c2ccc(C(=O)NCc3ccc4c(c3)OCO4)cc2n(CC(=O)Nc2ccccc2)c1=O. The van der Waals surface area contributed by atoms with Crippen LogP contribution >= 0.6 is 0 Å². The highest BCUT2D eigenvalue weighted by molar-refractivity contribution is 5.98. The summed E-state index contributed by atoms with van der Waals surface area (Å²) in [5.74, 6) is 0.403. The Kier molecular flexibility index (Phi) is 7.26. The summed E-state index contributed by atoms with van der Waals surface area (Å²) < 4.78 is 13.0. The number of fused-ring (bicyclic) bond motifs is 2. The summed E-state index contributed by atoms with van der Waals surface area (Å²) >= 11 is 0. The van der Waals surface area contributed by atoms with Crippen molar-refractivity contribution in [2.24, 2.45) is 0 Å². The molecule has 10 nitrogen and oxygen atoms in total. The van der Waals surface area contributed by atoms with Gasteiger partial charge in [0.05, 0.1) is 10.9 Å². The lowest BCUT2D eigenvalue weighted by atomic mass is 10.1. The number of amides is 2. The summed E-state index contributed by atoms with van der Waals surface area (Å²) in [6.45, 7) is 3.81. The summed E-state index contributed by atoms with van der Waals surface area (Å²) in [7, 11) is 0. The summed E-state index contributed by atoms with van der Waals surface area (Å²) in [6, 6.07) is 18.7. The molecule has 3 aromatic carbocycles. The van der Waals surface area contributed by atoms with Gasteiger partial charge in [0, 0.05) is 24.3 Å². The Morgan fingerprint density at radius 3 is 2.54 bits per heavy atom. The highest BCUT2D eigenvalue weighted by atomic mass is 16.7. The molecule has 0 fully saturated rings. The molecule has 0 radical (unpaired) electrons. The maximum atomic E-state index is 13.4. The number of rotatable bonds is 9. The molecule has 0 aliphatic carbocycles.